The summed E-state index contributed by atoms with van der Waals surface area (Å²) in [7, 11) is -16.7. The molecule has 204 valence electrons. The molecule has 0 bridgehead atoms. The Bertz CT molecular complexity index is 1360. The number of rotatable bonds is 12. The van der Waals surface area contributed by atoms with Crippen LogP contribution in [0.25, 0.3) is 21.5 Å². The first-order valence-corrected chi connectivity index (χ1v) is 14.5. The highest BCUT2D eigenvalue weighted by Crippen LogP contribution is 2.66. The maximum atomic E-state index is 12.2. The summed E-state index contributed by atoms with van der Waals surface area (Å²) in [5.74, 6) is 0.210. The largest absolute Gasteiger partial charge is 0.490 e. The highest BCUT2D eigenvalue weighted by molar-refractivity contribution is 7.66. The van der Waals surface area contributed by atoms with E-state index < -0.39 is 54.2 Å². The molecule has 0 aromatic carbocycles. The minimum Gasteiger partial charge on any atom is -0.383 e. The molecule has 1 aliphatic heterocycles. The third kappa shape index (κ3) is 7.66. The lowest BCUT2D eigenvalue weighted by molar-refractivity contribution is -0.0974. The minimum absolute atomic E-state index is 0.0580. The third-order valence-electron chi connectivity index (χ3n) is 4.86. The van der Waals surface area contributed by atoms with Crippen LogP contribution >= 0.6 is 23.5 Å². The Morgan fingerprint density at radius 3 is 2.65 bits per heavy atom. The zero-order chi connectivity index (χ0) is 27.6. The van der Waals surface area contributed by atoms with Crippen molar-refractivity contribution >= 4 is 40.3 Å². The van der Waals surface area contributed by atoms with Gasteiger partial charge in [-0.25, -0.2) is 23.7 Å². The molecule has 6 atom stereocenters. The van der Waals surface area contributed by atoms with Crippen LogP contribution < -0.4 is 5.73 Å². The number of phosphoric ester groups is 1. The van der Waals surface area contributed by atoms with Crippen molar-refractivity contribution in [1.29, 1.82) is 0 Å². The van der Waals surface area contributed by atoms with Crippen LogP contribution in [0.1, 0.15) is 19.6 Å². The number of fused-ring (bicyclic) bond motifs is 1. The molecule has 0 radical (unpaired) electrons. The first-order chi connectivity index (χ1) is 17.1. The molecule has 0 amide bonds. The van der Waals surface area contributed by atoms with Gasteiger partial charge in [0.15, 0.2) is 5.72 Å². The molecule has 37 heavy (non-hydrogen) atoms. The van der Waals surface area contributed by atoms with Crippen molar-refractivity contribution < 1.29 is 55.9 Å². The molecule has 3 rings (SSSR count). The van der Waals surface area contributed by atoms with E-state index in [9.17, 15) is 23.5 Å². The van der Waals surface area contributed by atoms with Crippen molar-refractivity contribution in [1.82, 2.24) is 14.5 Å². The zero-order valence-electron chi connectivity index (χ0n) is 18.8. The van der Waals surface area contributed by atoms with Gasteiger partial charge in [0.05, 0.1) is 18.1 Å². The second kappa shape index (κ2) is 10.9. The van der Waals surface area contributed by atoms with E-state index in [2.05, 4.69) is 35.2 Å². The van der Waals surface area contributed by atoms with Gasteiger partial charge in [-0.2, -0.15) is 8.62 Å². The number of nitrogens with two attached hydrogens (primary N) is 1. The molecule has 0 aliphatic carbocycles. The van der Waals surface area contributed by atoms with Crippen LogP contribution in [0.4, 0.5) is 5.82 Å². The second-order valence-corrected chi connectivity index (χ2v) is 12.0. The van der Waals surface area contributed by atoms with Crippen molar-refractivity contribution in [2.24, 2.45) is 5.11 Å². The number of ether oxygens (including phenoxy) is 2. The van der Waals surface area contributed by atoms with Crippen LogP contribution in [0, 0.1) is 0 Å². The van der Waals surface area contributed by atoms with Gasteiger partial charge in [0, 0.05) is 17.5 Å². The minimum atomic E-state index is -5.72. The standard InChI is InChI=1S/C15H22N7O12P3/c1-3-15(2,20-21-17)32-10-6-12(22-5-4-9-13(16)18-8-19-14(9)22)31-11(10)7-30-36(26,27)34-37(28,29)33-35(23,24)25/h3-5,8,10-12H,1,6-7H2,2H3,(H,26,27)(H,28,29)(H2,16,18,19)(H2,23,24,25)/t10-,11-,12?,15+/m1/s1. The number of phosphoric acid groups is 3. The molecule has 0 saturated carbocycles. The average molecular weight is 585 g/mol. The van der Waals surface area contributed by atoms with Gasteiger partial charge >= 0.3 is 23.5 Å². The number of azide groups is 1. The lowest BCUT2D eigenvalue weighted by Crippen LogP contribution is -2.36. The van der Waals surface area contributed by atoms with Crippen molar-refractivity contribution in [3.8, 4) is 0 Å². The maximum Gasteiger partial charge on any atom is 0.490 e. The molecular weight excluding hydrogens is 563 g/mol. The SMILES string of the molecule is C=C[C@@](C)(N=[N+]=[N-])O[C@@H]1CC(n2ccc3c(N)ncnc32)O[C@@H]1COP(=O)(O)OP(=O)(O)OP(=O)(O)O. The summed E-state index contributed by atoms with van der Waals surface area (Å²) in [6.45, 7) is 4.15. The average Bonchev–Trinajstić information content (AvgIpc) is 3.34. The van der Waals surface area contributed by atoms with Crippen molar-refractivity contribution in [3.63, 3.8) is 0 Å². The Kier molecular flexibility index (Phi) is 8.64. The van der Waals surface area contributed by atoms with Crippen LogP contribution in [0.15, 0.2) is 36.4 Å². The lowest BCUT2D eigenvalue weighted by Gasteiger charge is -2.27. The Labute approximate surface area is 207 Å². The van der Waals surface area contributed by atoms with E-state index in [0.29, 0.717) is 11.0 Å². The molecule has 3 heterocycles. The number of aromatic nitrogens is 3. The zero-order valence-corrected chi connectivity index (χ0v) is 21.5. The van der Waals surface area contributed by atoms with Gasteiger partial charge in [0.25, 0.3) is 0 Å². The number of nitrogens with zero attached hydrogens (tertiary/aromatic N) is 6. The van der Waals surface area contributed by atoms with Crippen molar-refractivity contribution in [2.45, 2.75) is 37.5 Å². The molecule has 1 fully saturated rings. The van der Waals surface area contributed by atoms with Crippen LogP contribution in [0.2, 0.25) is 0 Å². The third-order valence-corrected chi connectivity index (χ3v) is 8.66. The van der Waals surface area contributed by atoms with Gasteiger partial charge in [-0.1, -0.05) is 11.2 Å². The summed E-state index contributed by atoms with van der Waals surface area (Å²) in [5.41, 5.74) is 13.5. The Balaban J connectivity index is 1.83. The van der Waals surface area contributed by atoms with E-state index in [4.69, 9.17) is 35.0 Å². The first kappa shape index (κ1) is 29.4. The van der Waals surface area contributed by atoms with Crippen LogP contribution in [-0.4, -0.2) is 58.6 Å². The molecule has 22 heteroatoms. The molecule has 1 aliphatic rings. The van der Waals surface area contributed by atoms with Crippen molar-refractivity contribution in [3.05, 3.63) is 41.7 Å². The summed E-state index contributed by atoms with van der Waals surface area (Å²) in [4.78, 5) is 47.2. The Hall–Kier alpha value is -2.20. The van der Waals surface area contributed by atoms with E-state index in [1.54, 1.807) is 16.8 Å². The lowest BCUT2D eigenvalue weighted by atomic mass is 10.1. The smallest absolute Gasteiger partial charge is 0.383 e. The van der Waals surface area contributed by atoms with Gasteiger partial charge in [-0.3, -0.25) is 4.52 Å². The number of hydrogen-bond acceptors (Lipinski definition) is 12. The fraction of sp³-hybridized carbons (Fsp3) is 0.467. The molecule has 19 nitrogen and oxygen atoms in total. The van der Waals surface area contributed by atoms with E-state index in [1.165, 1.54) is 19.3 Å². The van der Waals surface area contributed by atoms with Crippen LogP contribution in [-0.2, 0) is 36.3 Å². The van der Waals surface area contributed by atoms with E-state index >= 15 is 0 Å². The number of anilines is 1. The normalized spacial score (nSPS) is 25.1. The molecule has 1 saturated heterocycles. The van der Waals surface area contributed by atoms with Crippen LogP contribution in [0.3, 0.4) is 0 Å². The Morgan fingerprint density at radius 2 is 2.03 bits per heavy atom. The second-order valence-electron chi connectivity index (χ2n) is 7.58. The van der Waals surface area contributed by atoms with Crippen molar-refractivity contribution in [2.75, 3.05) is 12.3 Å². The van der Waals surface area contributed by atoms with Gasteiger partial charge in [0.2, 0.25) is 0 Å². The fourth-order valence-corrected chi connectivity index (χ4v) is 6.38. The quantitative estimate of drug-likeness (QED) is 0.0784. The molecule has 0 spiro atoms. The summed E-state index contributed by atoms with van der Waals surface area (Å²) in [6.07, 6.45) is 1.12. The van der Waals surface area contributed by atoms with E-state index in [1.807, 2.05) is 0 Å². The number of nitrogen functional groups attached to an aromatic ring is 1. The summed E-state index contributed by atoms with van der Waals surface area (Å²) in [5, 5.41) is 4.04. The topological polar surface area (TPSA) is 284 Å². The monoisotopic (exact) mass is 585 g/mol. The van der Waals surface area contributed by atoms with Gasteiger partial charge in [-0.15, -0.1) is 6.58 Å². The van der Waals surface area contributed by atoms with E-state index in [0.717, 1.165) is 0 Å². The highest BCUT2D eigenvalue weighted by Gasteiger charge is 2.45. The van der Waals surface area contributed by atoms with E-state index in [-0.39, 0.29) is 12.2 Å². The molecule has 2 aromatic rings. The van der Waals surface area contributed by atoms with Gasteiger partial charge < -0.3 is 39.3 Å². The fourth-order valence-electron chi connectivity index (χ4n) is 3.35. The Morgan fingerprint density at radius 1 is 1.32 bits per heavy atom. The summed E-state index contributed by atoms with van der Waals surface area (Å²) < 4.78 is 60.0. The van der Waals surface area contributed by atoms with Gasteiger partial charge in [-0.05, 0) is 18.5 Å². The first-order valence-electron chi connectivity index (χ1n) is 9.95. The van der Waals surface area contributed by atoms with Crippen LogP contribution in [0.5, 0.6) is 0 Å². The van der Waals surface area contributed by atoms with Gasteiger partial charge in [0.1, 0.15) is 30.1 Å². The summed E-state index contributed by atoms with van der Waals surface area (Å²) >= 11 is 0. The highest BCUT2D eigenvalue weighted by atomic mass is 31.3. The maximum absolute atomic E-state index is 12.2. The molecule has 3 unspecified atom stereocenters. The molecular formula is C15H22N7O12P3. The molecule has 2 aromatic heterocycles. The predicted molar refractivity (Wildman–Crippen MR) is 123 cm³/mol. The summed E-state index contributed by atoms with van der Waals surface area (Å²) in [6, 6.07) is 1.64. The molecule has 6 N–H and O–H groups in total. The number of hydrogen-bond donors (Lipinski definition) is 5. The predicted octanol–water partition coefficient (Wildman–Crippen LogP) is 2.24.